The molecule has 54 heavy (non-hydrogen) atoms. The monoisotopic (exact) mass is 763 g/mol. The third kappa shape index (κ3) is 7.37. The Kier molecular flexibility index (Phi) is 11.9. The largest absolute Gasteiger partial charge is 0.481 e. The van der Waals surface area contributed by atoms with Crippen molar-refractivity contribution in [3.05, 3.63) is 58.1 Å². The molecule has 2 N–H and O–H groups in total. The summed E-state index contributed by atoms with van der Waals surface area (Å²) in [5, 5.41) is 13.3. The van der Waals surface area contributed by atoms with Crippen molar-refractivity contribution in [1.29, 1.82) is 0 Å². The van der Waals surface area contributed by atoms with Crippen LogP contribution in [0.15, 0.2) is 47.6 Å². The average Bonchev–Trinajstić information content (AvgIpc) is 3.38. The van der Waals surface area contributed by atoms with E-state index in [1.807, 2.05) is 37.3 Å². The smallest absolute Gasteiger partial charge is 0.309 e. The van der Waals surface area contributed by atoms with Gasteiger partial charge in [0.1, 0.15) is 6.10 Å². The maximum absolute atomic E-state index is 14.0. The number of esters is 1. The molecular weight excluding hydrogens is 698 g/mol. The number of nitrogens with one attached hydrogen (secondary N) is 1. The number of hydrogen-bond donors (Lipinski definition) is 2. The van der Waals surface area contributed by atoms with Gasteiger partial charge in [-0.3, -0.25) is 19.2 Å². The van der Waals surface area contributed by atoms with E-state index in [0.29, 0.717) is 29.2 Å². The van der Waals surface area contributed by atoms with E-state index in [0.717, 1.165) is 56.1 Å². The Morgan fingerprint density at radius 1 is 1.00 bits per heavy atom. The van der Waals surface area contributed by atoms with Gasteiger partial charge in [-0.1, -0.05) is 91.3 Å². The highest BCUT2D eigenvalue weighted by Gasteiger charge is 2.64. The van der Waals surface area contributed by atoms with Gasteiger partial charge in [-0.25, -0.2) is 0 Å². The first-order chi connectivity index (χ1) is 25.1. The lowest BCUT2D eigenvalue weighted by atomic mass is 9.38. The summed E-state index contributed by atoms with van der Waals surface area (Å²) in [6, 6.07) is 7.29. The van der Waals surface area contributed by atoms with Gasteiger partial charge < -0.3 is 15.2 Å². The number of carboxylic acids is 1. The molecule has 0 radical (unpaired) electrons. The van der Waals surface area contributed by atoms with Crippen molar-refractivity contribution in [1.82, 2.24) is 5.32 Å². The lowest BCUT2D eigenvalue weighted by Gasteiger charge is -2.67. The number of hydrogen-bond acceptors (Lipinski definition) is 5. The molecule has 4 aliphatic rings. The van der Waals surface area contributed by atoms with E-state index in [1.165, 1.54) is 5.57 Å². The van der Waals surface area contributed by atoms with Gasteiger partial charge in [0.2, 0.25) is 5.91 Å². The number of fused-ring (bicyclic) bond motifs is 3. The Labute approximate surface area is 329 Å². The molecule has 3 fully saturated rings. The Bertz CT molecular complexity index is 1710. The fraction of sp³-hybridized carbons (Fsp3) is 0.696. The van der Waals surface area contributed by atoms with Gasteiger partial charge in [0.05, 0.1) is 17.9 Å². The van der Waals surface area contributed by atoms with Crippen molar-refractivity contribution in [3.63, 3.8) is 0 Å². The highest BCUT2D eigenvalue weighted by Crippen LogP contribution is 2.71. The highest BCUT2D eigenvalue weighted by molar-refractivity contribution is 6.31. The van der Waals surface area contributed by atoms with E-state index in [2.05, 4.69) is 60.7 Å². The second-order valence-corrected chi connectivity index (χ2v) is 19.9. The molecule has 5 rings (SSSR count). The van der Waals surface area contributed by atoms with Crippen LogP contribution in [0, 0.1) is 56.7 Å². The molecule has 8 heteroatoms. The number of rotatable bonds is 11. The van der Waals surface area contributed by atoms with Gasteiger partial charge in [-0.15, -0.1) is 0 Å². The molecule has 1 aromatic carbocycles. The summed E-state index contributed by atoms with van der Waals surface area (Å²) in [6.07, 6.45) is 10.3. The van der Waals surface area contributed by atoms with Crippen LogP contribution in [-0.4, -0.2) is 34.8 Å². The zero-order chi connectivity index (χ0) is 40.2. The van der Waals surface area contributed by atoms with E-state index >= 15 is 0 Å². The lowest BCUT2D eigenvalue weighted by molar-refractivity contribution is -0.209. The van der Waals surface area contributed by atoms with Gasteiger partial charge in [0.25, 0.3) is 0 Å². The minimum atomic E-state index is -1.17. The number of carboxylic acid groups (broad SMARTS) is 1. The second-order valence-electron chi connectivity index (χ2n) is 19.5. The Balaban J connectivity index is 1.40. The van der Waals surface area contributed by atoms with Crippen LogP contribution in [0.5, 0.6) is 0 Å². The molecule has 4 aliphatic carbocycles. The Hall–Kier alpha value is -2.93. The van der Waals surface area contributed by atoms with Gasteiger partial charge in [-0.05, 0) is 135 Å². The van der Waals surface area contributed by atoms with E-state index in [9.17, 15) is 24.3 Å². The van der Waals surface area contributed by atoms with E-state index in [4.69, 9.17) is 16.3 Å². The molecule has 0 bridgehead atoms. The third-order valence-electron chi connectivity index (χ3n) is 15.3. The first-order valence-corrected chi connectivity index (χ1v) is 20.9. The zero-order valence-electron chi connectivity index (χ0n) is 34.7. The number of halogens is 1. The highest BCUT2D eigenvalue weighted by atomic mass is 35.5. The average molecular weight is 764 g/mol. The lowest BCUT2D eigenvalue weighted by Crippen LogP contribution is -2.62. The molecule has 298 valence electrons. The topological polar surface area (TPSA) is 110 Å². The fourth-order valence-electron chi connectivity index (χ4n) is 12.1. The second kappa shape index (κ2) is 15.2. The molecule has 1 aromatic rings. The van der Waals surface area contributed by atoms with Crippen molar-refractivity contribution in [2.75, 3.05) is 0 Å². The van der Waals surface area contributed by atoms with Crippen LogP contribution in [-0.2, 0) is 23.9 Å². The van der Waals surface area contributed by atoms with Crippen molar-refractivity contribution in [3.8, 4) is 0 Å². The van der Waals surface area contributed by atoms with Crippen LogP contribution >= 0.6 is 11.6 Å². The minimum absolute atomic E-state index is 0.0466. The SMILES string of the molecule is CCC1(C=CC(=O)NC(C)c2ccccc2Cl)CC(=O)C(C(C)C)=C1C1CCC2C(C)(CCC3C(C)(C)C(OC(=O)CC(C)(C)C(=O)O)CCC32C)C1C. The standard InChI is InChI=1S/C46H66ClNO6/c1-12-46(24-21-37(50)48-29(5)31-15-13-14-16-32(31)47)25-33(49)39(27(2)3)40(46)30-17-18-35-44(10,28(30)4)22-19-34-43(8,9)36(20-23-45(34,35)11)54-38(51)26-42(6,7)41(52)53/h13-16,21,24,27-30,34-36H,12,17-20,22-23,25-26H2,1-11H3,(H,48,50)(H,52,53). The molecule has 0 aromatic heterocycles. The first-order valence-electron chi connectivity index (χ1n) is 20.5. The van der Waals surface area contributed by atoms with Gasteiger partial charge in [0.15, 0.2) is 5.78 Å². The molecule has 0 heterocycles. The molecule has 3 saturated carbocycles. The molecule has 9 unspecified atom stereocenters. The Morgan fingerprint density at radius 3 is 2.26 bits per heavy atom. The number of aliphatic carboxylic acids is 1. The first kappa shape index (κ1) is 42.2. The summed E-state index contributed by atoms with van der Waals surface area (Å²) >= 11 is 6.43. The predicted octanol–water partition coefficient (Wildman–Crippen LogP) is 10.7. The molecular formula is C46H66ClNO6. The van der Waals surface area contributed by atoms with E-state index < -0.39 is 22.8 Å². The van der Waals surface area contributed by atoms with Crippen LogP contribution in [0.2, 0.25) is 5.02 Å². The molecule has 0 spiro atoms. The normalized spacial score (nSPS) is 34.4. The van der Waals surface area contributed by atoms with E-state index in [1.54, 1.807) is 19.9 Å². The maximum atomic E-state index is 14.0. The summed E-state index contributed by atoms with van der Waals surface area (Å²) in [4.78, 5) is 52.2. The number of amides is 1. The molecule has 9 atom stereocenters. The van der Waals surface area contributed by atoms with Crippen LogP contribution in [0.3, 0.4) is 0 Å². The summed E-state index contributed by atoms with van der Waals surface area (Å²) in [6.45, 7) is 23.4. The number of allylic oxidation sites excluding steroid dienone is 3. The van der Waals surface area contributed by atoms with Crippen molar-refractivity contribution in [2.45, 2.75) is 146 Å². The molecule has 1 amide bonds. The zero-order valence-corrected chi connectivity index (χ0v) is 35.5. The fourth-order valence-corrected chi connectivity index (χ4v) is 12.4. The Morgan fingerprint density at radius 2 is 1.65 bits per heavy atom. The number of benzene rings is 1. The maximum Gasteiger partial charge on any atom is 0.309 e. The number of ketones is 1. The number of Topliss-reactive ketones (excluding diaryl/α,β-unsaturated/α-hetero) is 1. The molecule has 7 nitrogen and oxygen atoms in total. The van der Waals surface area contributed by atoms with Crippen LogP contribution in [0.25, 0.3) is 0 Å². The van der Waals surface area contributed by atoms with Gasteiger partial charge >= 0.3 is 11.9 Å². The van der Waals surface area contributed by atoms with Crippen molar-refractivity contribution < 1.29 is 29.0 Å². The quantitative estimate of drug-likeness (QED) is 0.172. The van der Waals surface area contributed by atoms with Crippen molar-refractivity contribution in [2.24, 2.45) is 56.7 Å². The summed E-state index contributed by atoms with van der Waals surface area (Å²) in [5.74, 6) is 0.0736. The van der Waals surface area contributed by atoms with Crippen LogP contribution in [0.1, 0.15) is 146 Å². The summed E-state index contributed by atoms with van der Waals surface area (Å²) in [7, 11) is 0. The van der Waals surface area contributed by atoms with Crippen LogP contribution < -0.4 is 5.32 Å². The number of carbonyl (C=O) groups is 4. The van der Waals surface area contributed by atoms with Crippen LogP contribution in [0.4, 0.5) is 0 Å². The number of carbonyl (C=O) groups excluding carboxylic acids is 3. The molecule has 0 saturated heterocycles. The van der Waals surface area contributed by atoms with Gasteiger partial charge in [-0.2, -0.15) is 0 Å². The molecule has 0 aliphatic heterocycles. The summed E-state index contributed by atoms with van der Waals surface area (Å²) < 4.78 is 6.14. The predicted molar refractivity (Wildman–Crippen MR) is 215 cm³/mol. The van der Waals surface area contributed by atoms with Gasteiger partial charge in [0, 0.05) is 22.3 Å². The number of ether oxygens (including phenoxy) is 1. The summed E-state index contributed by atoms with van der Waals surface area (Å²) in [5.41, 5.74) is 1.27. The van der Waals surface area contributed by atoms with E-state index in [-0.39, 0.29) is 58.3 Å². The van der Waals surface area contributed by atoms with Crippen molar-refractivity contribution >= 4 is 35.2 Å². The minimum Gasteiger partial charge on any atom is -0.481 e. The third-order valence-corrected chi connectivity index (χ3v) is 15.7.